The molecular weight excluding hydrogens is 226 g/mol. The van der Waals surface area contributed by atoms with Gasteiger partial charge in [-0.3, -0.25) is 0 Å². The van der Waals surface area contributed by atoms with E-state index in [4.69, 9.17) is 5.73 Å². The molecule has 0 bridgehead atoms. The molecule has 0 amide bonds. The minimum Gasteiger partial charge on any atom is -0.389 e. The standard InChI is InChI=1S/C10H11N3S2/c1-14-13-10-12-8(9(11)15-10)7-5-3-2-4-6-7/h2-6H,11H2,1H3,(H,12,13). The molecule has 5 heteroatoms. The number of benzene rings is 1. The minimum atomic E-state index is 0.748. The quantitative estimate of drug-likeness (QED) is 0.805. The van der Waals surface area contributed by atoms with Crippen molar-refractivity contribution in [2.75, 3.05) is 16.7 Å². The second kappa shape index (κ2) is 4.55. The monoisotopic (exact) mass is 237 g/mol. The number of hydrogen-bond acceptors (Lipinski definition) is 5. The number of nitrogen functional groups attached to an aromatic ring is 1. The highest BCUT2D eigenvalue weighted by molar-refractivity contribution is 8.00. The third-order valence-electron chi connectivity index (χ3n) is 1.89. The summed E-state index contributed by atoms with van der Waals surface area (Å²) in [6.07, 6.45) is 1.96. The predicted octanol–water partition coefficient (Wildman–Crippen LogP) is 3.08. The van der Waals surface area contributed by atoms with Gasteiger partial charge in [0.05, 0.1) is 0 Å². The van der Waals surface area contributed by atoms with Gasteiger partial charge in [0, 0.05) is 11.8 Å². The summed E-state index contributed by atoms with van der Waals surface area (Å²) in [7, 11) is 0. The van der Waals surface area contributed by atoms with Gasteiger partial charge in [0.15, 0.2) is 5.13 Å². The predicted molar refractivity (Wildman–Crippen MR) is 69.1 cm³/mol. The maximum Gasteiger partial charge on any atom is 0.195 e. The fourth-order valence-corrected chi connectivity index (χ4v) is 2.51. The minimum absolute atomic E-state index is 0.748. The Morgan fingerprint density at radius 2 is 2.07 bits per heavy atom. The molecule has 78 valence electrons. The van der Waals surface area contributed by atoms with Gasteiger partial charge in [-0.2, -0.15) is 0 Å². The van der Waals surface area contributed by atoms with Gasteiger partial charge in [-0.05, 0) is 0 Å². The number of nitrogens with two attached hydrogens (primary N) is 1. The largest absolute Gasteiger partial charge is 0.389 e. The molecule has 0 unspecified atom stereocenters. The number of hydrogen-bond donors (Lipinski definition) is 2. The highest BCUT2D eigenvalue weighted by atomic mass is 32.2. The van der Waals surface area contributed by atoms with Crippen LogP contribution in [-0.4, -0.2) is 11.2 Å². The van der Waals surface area contributed by atoms with Crippen molar-refractivity contribution in [3.05, 3.63) is 30.3 Å². The van der Waals surface area contributed by atoms with Gasteiger partial charge in [0.1, 0.15) is 10.7 Å². The van der Waals surface area contributed by atoms with E-state index in [1.54, 1.807) is 0 Å². The first-order valence-electron chi connectivity index (χ1n) is 4.42. The number of thiazole rings is 1. The van der Waals surface area contributed by atoms with Crippen LogP contribution in [0.25, 0.3) is 11.3 Å². The fourth-order valence-electron chi connectivity index (χ4n) is 1.27. The molecule has 0 spiro atoms. The van der Waals surface area contributed by atoms with Crippen molar-refractivity contribution in [3.8, 4) is 11.3 Å². The Morgan fingerprint density at radius 1 is 1.33 bits per heavy atom. The number of nitrogens with zero attached hydrogens (tertiary/aromatic N) is 1. The van der Waals surface area contributed by atoms with Crippen molar-refractivity contribution >= 4 is 33.4 Å². The normalized spacial score (nSPS) is 10.2. The molecule has 2 aromatic rings. The van der Waals surface area contributed by atoms with Crippen LogP contribution in [-0.2, 0) is 0 Å². The SMILES string of the molecule is CSNc1nc(-c2ccccc2)c(N)s1. The summed E-state index contributed by atoms with van der Waals surface area (Å²) in [5, 5.41) is 1.59. The van der Waals surface area contributed by atoms with Gasteiger partial charge in [0.2, 0.25) is 0 Å². The van der Waals surface area contributed by atoms with Gasteiger partial charge < -0.3 is 10.5 Å². The van der Waals surface area contributed by atoms with Crippen LogP contribution in [0, 0.1) is 0 Å². The van der Waals surface area contributed by atoms with Crippen molar-refractivity contribution in [2.45, 2.75) is 0 Å². The van der Waals surface area contributed by atoms with Gasteiger partial charge in [-0.15, -0.1) is 0 Å². The van der Waals surface area contributed by atoms with Crippen molar-refractivity contribution in [1.29, 1.82) is 0 Å². The van der Waals surface area contributed by atoms with Crippen LogP contribution >= 0.6 is 23.3 Å². The lowest BCUT2D eigenvalue weighted by Gasteiger charge is -1.96. The molecule has 3 N–H and O–H groups in total. The molecule has 3 nitrogen and oxygen atoms in total. The van der Waals surface area contributed by atoms with Gasteiger partial charge in [-0.1, -0.05) is 53.6 Å². The smallest absolute Gasteiger partial charge is 0.195 e. The Hall–Kier alpha value is -1.20. The highest BCUT2D eigenvalue weighted by Crippen LogP contribution is 2.33. The molecule has 1 aromatic carbocycles. The Bertz CT molecular complexity index is 439. The molecule has 0 saturated heterocycles. The molecule has 0 aliphatic heterocycles. The lowest BCUT2D eigenvalue weighted by molar-refractivity contribution is 1.41. The molecule has 1 aromatic heterocycles. The zero-order chi connectivity index (χ0) is 10.7. The van der Waals surface area contributed by atoms with E-state index in [0.717, 1.165) is 21.4 Å². The van der Waals surface area contributed by atoms with Crippen LogP contribution in [0.3, 0.4) is 0 Å². The first-order chi connectivity index (χ1) is 7.31. The lowest BCUT2D eigenvalue weighted by Crippen LogP contribution is -1.86. The van der Waals surface area contributed by atoms with E-state index >= 15 is 0 Å². The maximum absolute atomic E-state index is 5.91. The molecule has 0 saturated carbocycles. The first-order valence-corrected chi connectivity index (χ1v) is 6.46. The topological polar surface area (TPSA) is 50.9 Å². The molecule has 0 aliphatic carbocycles. The molecule has 15 heavy (non-hydrogen) atoms. The lowest BCUT2D eigenvalue weighted by atomic mass is 10.2. The van der Waals surface area contributed by atoms with Crippen molar-refractivity contribution in [1.82, 2.24) is 4.98 Å². The maximum atomic E-state index is 5.91. The van der Waals surface area contributed by atoms with Crippen LogP contribution in [0.2, 0.25) is 0 Å². The summed E-state index contributed by atoms with van der Waals surface area (Å²) >= 11 is 2.98. The number of nitrogens with one attached hydrogen (secondary N) is 1. The number of anilines is 2. The first kappa shape index (κ1) is 10.3. The Labute approximate surface area is 96.9 Å². The summed E-state index contributed by atoms with van der Waals surface area (Å²) in [5.41, 5.74) is 7.82. The summed E-state index contributed by atoms with van der Waals surface area (Å²) in [4.78, 5) is 4.43. The Kier molecular flexibility index (Phi) is 3.13. The second-order valence-electron chi connectivity index (χ2n) is 2.90. The summed E-state index contributed by atoms with van der Waals surface area (Å²) < 4.78 is 3.08. The van der Waals surface area contributed by atoms with Crippen molar-refractivity contribution < 1.29 is 0 Å². The number of aromatic nitrogens is 1. The Morgan fingerprint density at radius 3 is 2.73 bits per heavy atom. The average molecular weight is 237 g/mol. The van der Waals surface area contributed by atoms with Crippen LogP contribution in [0.4, 0.5) is 10.1 Å². The fraction of sp³-hybridized carbons (Fsp3) is 0.100. The van der Waals surface area contributed by atoms with Gasteiger partial charge in [0.25, 0.3) is 0 Å². The van der Waals surface area contributed by atoms with E-state index in [-0.39, 0.29) is 0 Å². The van der Waals surface area contributed by atoms with Gasteiger partial charge in [-0.25, -0.2) is 4.98 Å². The van der Waals surface area contributed by atoms with E-state index in [1.807, 2.05) is 36.6 Å². The summed E-state index contributed by atoms with van der Waals surface area (Å²) in [5.74, 6) is 0. The summed E-state index contributed by atoms with van der Waals surface area (Å²) in [6.45, 7) is 0. The number of rotatable bonds is 3. The molecule has 2 rings (SSSR count). The summed E-state index contributed by atoms with van der Waals surface area (Å²) in [6, 6.07) is 9.96. The molecule has 0 radical (unpaired) electrons. The van der Waals surface area contributed by atoms with Crippen LogP contribution in [0.1, 0.15) is 0 Å². The van der Waals surface area contributed by atoms with Crippen LogP contribution in [0.5, 0.6) is 0 Å². The van der Waals surface area contributed by atoms with Crippen LogP contribution < -0.4 is 10.5 Å². The van der Waals surface area contributed by atoms with E-state index in [1.165, 1.54) is 23.3 Å². The van der Waals surface area contributed by atoms with E-state index < -0.39 is 0 Å². The third kappa shape index (κ3) is 2.24. The third-order valence-corrected chi connectivity index (χ3v) is 3.22. The molecular formula is C10H11N3S2. The van der Waals surface area contributed by atoms with E-state index in [9.17, 15) is 0 Å². The molecule has 0 aliphatic rings. The second-order valence-corrected chi connectivity index (χ2v) is 4.55. The van der Waals surface area contributed by atoms with Gasteiger partial charge >= 0.3 is 0 Å². The molecule has 0 atom stereocenters. The Balaban J connectivity index is 2.36. The average Bonchev–Trinajstić information content (AvgIpc) is 2.61. The van der Waals surface area contributed by atoms with Crippen molar-refractivity contribution in [3.63, 3.8) is 0 Å². The molecule has 0 fully saturated rings. The highest BCUT2D eigenvalue weighted by Gasteiger charge is 2.09. The van der Waals surface area contributed by atoms with Crippen molar-refractivity contribution in [2.24, 2.45) is 0 Å². The van der Waals surface area contributed by atoms with E-state index in [2.05, 4.69) is 9.71 Å². The van der Waals surface area contributed by atoms with Crippen LogP contribution in [0.15, 0.2) is 30.3 Å². The van der Waals surface area contributed by atoms with E-state index in [0.29, 0.717) is 0 Å². The zero-order valence-electron chi connectivity index (χ0n) is 8.23. The molecule has 1 heterocycles. The zero-order valence-corrected chi connectivity index (χ0v) is 9.86.